The summed E-state index contributed by atoms with van der Waals surface area (Å²) in [4.78, 5) is 11.6. The minimum atomic E-state index is 0.364. The van der Waals surface area contributed by atoms with Gasteiger partial charge in [-0.05, 0) is 89.8 Å². The number of aliphatic imine (C=N–C) groups is 2. The lowest BCUT2D eigenvalue weighted by Crippen LogP contribution is -2.16. The molecule has 0 amide bonds. The van der Waals surface area contributed by atoms with Crippen molar-refractivity contribution in [2.24, 2.45) is 15.7 Å². The molecule has 5 nitrogen and oxygen atoms in total. The minimum Gasteiger partial charge on any atom is -0.456 e. The summed E-state index contributed by atoms with van der Waals surface area (Å²) in [5, 5.41) is 10.7. The summed E-state index contributed by atoms with van der Waals surface area (Å²) in [5.74, 6) is 0.975. The van der Waals surface area contributed by atoms with E-state index in [1.165, 1.54) is 84.4 Å². The van der Waals surface area contributed by atoms with Gasteiger partial charge < -0.3 is 14.7 Å². The number of aromatic nitrogens is 1. The summed E-state index contributed by atoms with van der Waals surface area (Å²) in [5.41, 5.74) is 18.5. The smallest absolute Gasteiger partial charge is 0.157 e. The second-order valence-electron chi connectivity index (χ2n) is 18.1. The SMILES string of the molecule is C=Cc1sc2cc(C(N)=NC(=NCc3cccc4oc5ccc(-c6cccc7sc8c(-n9c%10ccccc%10c%10ccccc%109)cccc8c67)cc5c34)c3ccc4c(c3)sc3ccccc34)ccc2c1/C=C\C. The highest BCUT2D eigenvalue weighted by atomic mass is 32.1. The third kappa shape index (κ3) is 6.71. The maximum Gasteiger partial charge on any atom is 0.157 e. The summed E-state index contributed by atoms with van der Waals surface area (Å²) in [6.07, 6.45) is 6.13. The van der Waals surface area contributed by atoms with Crippen molar-refractivity contribution < 1.29 is 4.42 Å². The number of nitrogens with two attached hydrogens (primary N) is 1. The first-order valence-corrected chi connectivity index (χ1v) is 26.5. The lowest BCUT2D eigenvalue weighted by Gasteiger charge is -2.10. The van der Waals surface area contributed by atoms with E-state index in [2.05, 4.69) is 205 Å². The molecule has 0 aliphatic heterocycles. The number of hydrogen-bond acceptors (Lipinski definition) is 5. The predicted molar refractivity (Wildman–Crippen MR) is 313 cm³/mol. The van der Waals surface area contributed by atoms with Gasteiger partial charge >= 0.3 is 0 Å². The van der Waals surface area contributed by atoms with Crippen LogP contribution in [0.3, 0.4) is 0 Å². The highest BCUT2D eigenvalue weighted by Crippen LogP contribution is 2.45. The molecule has 9 aromatic carbocycles. The standard InChI is InChI=1S/C64H42N4OS3/c1-3-14-44-46-30-27-38(34-58(46)70-55(44)4-2)63(65)67-64(39-28-31-47-45-18-7-10-25-56(45)71-59(47)35-39)66-36-40-15-11-24-54-60(40)49-33-37(29-32-53(49)69-54)41-19-13-26-57-61(41)48-20-12-23-52(62(48)72-57)68-50-21-8-5-16-42(50)43-17-6-9-22-51(43)68/h3-35H,2,36H2,1H3,(H2,65,66,67)/b14-3-. The van der Waals surface area contributed by atoms with E-state index < -0.39 is 0 Å². The monoisotopic (exact) mass is 978 g/mol. The van der Waals surface area contributed by atoms with Gasteiger partial charge in [-0.25, -0.2) is 4.99 Å². The molecule has 0 fully saturated rings. The van der Waals surface area contributed by atoms with Gasteiger partial charge in [0.05, 0.1) is 28.0 Å². The molecule has 0 aliphatic carbocycles. The van der Waals surface area contributed by atoms with Crippen LogP contribution in [0.15, 0.2) is 209 Å². The molecule has 14 aromatic rings. The van der Waals surface area contributed by atoms with Crippen LogP contribution in [0.2, 0.25) is 0 Å². The third-order valence-corrected chi connectivity index (χ3v) is 17.5. The Hall–Kier alpha value is -8.40. The number of thiophene rings is 3. The normalized spacial score (nSPS) is 12.8. The molecule has 342 valence electrons. The molecule has 0 radical (unpaired) electrons. The number of furan rings is 1. The van der Waals surface area contributed by atoms with Gasteiger partial charge in [0.15, 0.2) is 5.84 Å². The summed E-state index contributed by atoms with van der Waals surface area (Å²) >= 11 is 5.35. The van der Waals surface area contributed by atoms with E-state index in [1.54, 1.807) is 22.7 Å². The van der Waals surface area contributed by atoms with Gasteiger partial charge in [0, 0.05) is 83.3 Å². The van der Waals surface area contributed by atoms with Crippen LogP contribution < -0.4 is 5.73 Å². The number of nitrogens with zero attached hydrogens (tertiary/aromatic N) is 3. The molecule has 0 saturated carbocycles. The van der Waals surface area contributed by atoms with E-state index in [9.17, 15) is 0 Å². The largest absolute Gasteiger partial charge is 0.456 e. The fourth-order valence-electron chi connectivity index (χ4n) is 10.8. The van der Waals surface area contributed by atoms with Gasteiger partial charge in [-0.15, -0.1) is 34.0 Å². The van der Waals surface area contributed by atoms with Crippen molar-refractivity contribution in [1.29, 1.82) is 0 Å². The molecule has 0 unspecified atom stereocenters. The summed E-state index contributed by atoms with van der Waals surface area (Å²) in [6.45, 7) is 6.48. The van der Waals surface area contributed by atoms with Gasteiger partial charge in [0.25, 0.3) is 0 Å². The second kappa shape index (κ2) is 16.9. The number of allylic oxidation sites excluding steroid dienone is 1. The number of rotatable bonds is 8. The average Bonchev–Trinajstić information content (AvgIpc) is 4.25. The topological polar surface area (TPSA) is 68.8 Å². The fraction of sp³-hybridized carbons (Fsp3) is 0.0312. The Bertz CT molecular complexity index is 4610. The molecule has 0 aliphatic rings. The molecule has 5 heterocycles. The number of benzene rings is 9. The van der Waals surface area contributed by atoms with Crippen molar-refractivity contribution >= 4 is 152 Å². The Kier molecular flexibility index (Phi) is 9.96. The van der Waals surface area contributed by atoms with Gasteiger partial charge in [0.2, 0.25) is 0 Å². The van der Waals surface area contributed by atoms with E-state index in [1.807, 2.05) is 24.3 Å². The highest BCUT2D eigenvalue weighted by Gasteiger charge is 2.20. The maximum atomic E-state index is 6.99. The Morgan fingerprint density at radius 3 is 2.11 bits per heavy atom. The van der Waals surface area contributed by atoms with E-state index in [-0.39, 0.29) is 0 Å². The number of para-hydroxylation sites is 2. The van der Waals surface area contributed by atoms with Gasteiger partial charge in [-0.1, -0.05) is 146 Å². The maximum absolute atomic E-state index is 6.99. The van der Waals surface area contributed by atoms with Gasteiger partial charge in [-0.3, -0.25) is 4.99 Å². The predicted octanol–water partition coefficient (Wildman–Crippen LogP) is 18.3. The number of hydrogen-bond donors (Lipinski definition) is 1. The Morgan fingerprint density at radius 2 is 1.28 bits per heavy atom. The van der Waals surface area contributed by atoms with Crippen molar-refractivity contribution in [3.63, 3.8) is 0 Å². The minimum absolute atomic E-state index is 0.364. The van der Waals surface area contributed by atoms with Crippen LogP contribution in [0.5, 0.6) is 0 Å². The lowest BCUT2D eigenvalue weighted by molar-refractivity contribution is 0.668. The molecular weight excluding hydrogens is 937 g/mol. The molecule has 0 spiro atoms. The first kappa shape index (κ1) is 42.5. The lowest BCUT2D eigenvalue weighted by atomic mass is 9.97. The molecule has 2 N–H and O–H groups in total. The molecule has 0 atom stereocenters. The van der Waals surface area contributed by atoms with Crippen LogP contribution >= 0.6 is 34.0 Å². The van der Waals surface area contributed by atoms with Crippen LogP contribution in [0.1, 0.15) is 34.1 Å². The molecule has 0 bridgehead atoms. The molecule has 5 aromatic heterocycles. The average molecular weight is 979 g/mol. The zero-order valence-electron chi connectivity index (χ0n) is 39.0. The van der Waals surface area contributed by atoms with Gasteiger partial charge in [-0.2, -0.15) is 0 Å². The number of amidine groups is 2. The Balaban J connectivity index is 0.892. The van der Waals surface area contributed by atoms with Crippen LogP contribution in [-0.4, -0.2) is 16.2 Å². The molecule has 72 heavy (non-hydrogen) atoms. The summed E-state index contributed by atoms with van der Waals surface area (Å²) in [6, 6.07) is 65.2. The molecular formula is C64H42N4OS3. The van der Waals surface area contributed by atoms with E-state index in [4.69, 9.17) is 20.1 Å². The van der Waals surface area contributed by atoms with E-state index in [0.29, 0.717) is 18.2 Å². The zero-order chi connectivity index (χ0) is 48.0. The van der Waals surface area contributed by atoms with Crippen molar-refractivity contribution in [3.05, 3.63) is 222 Å². The van der Waals surface area contributed by atoms with Crippen LogP contribution in [-0.2, 0) is 6.54 Å². The van der Waals surface area contributed by atoms with Crippen LogP contribution in [0.25, 0.3) is 123 Å². The van der Waals surface area contributed by atoms with Crippen molar-refractivity contribution in [2.75, 3.05) is 0 Å². The summed E-state index contributed by atoms with van der Waals surface area (Å²) < 4.78 is 15.1. The Morgan fingerprint density at radius 1 is 0.583 bits per heavy atom. The van der Waals surface area contributed by atoms with E-state index in [0.717, 1.165) is 53.8 Å². The van der Waals surface area contributed by atoms with E-state index >= 15 is 0 Å². The quantitative estimate of drug-likeness (QED) is 0.122. The molecule has 14 rings (SSSR count). The third-order valence-electron chi connectivity index (χ3n) is 14.0. The summed E-state index contributed by atoms with van der Waals surface area (Å²) in [7, 11) is 0. The Labute approximate surface area is 426 Å². The van der Waals surface area contributed by atoms with Crippen molar-refractivity contribution in [3.8, 4) is 16.8 Å². The first-order valence-electron chi connectivity index (χ1n) is 24.0. The highest BCUT2D eigenvalue weighted by molar-refractivity contribution is 7.26. The fourth-order valence-corrected chi connectivity index (χ4v) is 14.3. The number of fused-ring (bicyclic) bond motifs is 13. The molecule has 8 heteroatoms. The molecule has 0 saturated heterocycles. The van der Waals surface area contributed by atoms with Crippen molar-refractivity contribution in [1.82, 2.24) is 4.57 Å². The van der Waals surface area contributed by atoms with Gasteiger partial charge in [0.1, 0.15) is 17.0 Å². The van der Waals surface area contributed by atoms with Crippen LogP contribution in [0.4, 0.5) is 0 Å². The zero-order valence-corrected chi connectivity index (χ0v) is 41.5. The first-order chi connectivity index (χ1) is 35.5. The van der Waals surface area contributed by atoms with Crippen LogP contribution in [0, 0.1) is 0 Å². The van der Waals surface area contributed by atoms with Crippen molar-refractivity contribution in [2.45, 2.75) is 13.5 Å². The second-order valence-corrected chi connectivity index (χ2v) is 21.4.